The van der Waals surface area contributed by atoms with Crippen LogP contribution in [0.1, 0.15) is 24.1 Å². The fourth-order valence-corrected chi connectivity index (χ4v) is 3.54. The second-order valence-electron chi connectivity index (χ2n) is 7.59. The van der Waals surface area contributed by atoms with Crippen LogP contribution in [0.15, 0.2) is 65.7 Å². The zero-order valence-electron chi connectivity index (χ0n) is 17.3. The first-order valence-corrected chi connectivity index (χ1v) is 10.5. The van der Waals surface area contributed by atoms with Gasteiger partial charge in [0.15, 0.2) is 0 Å². The number of halogens is 1. The number of aromatic nitrogens is 6. The Bertz CT molecular complexity index is 1290. The molecule has 5 rings (SSSR count). The van der Waals surface area contributed by atoms with Gasteiger partial charge in [-0.25, -0.2) is 14.4 Å². The van der Waals surface area contributed by atoms with Crippen LogP contribution in [0.2, 0.25) is 0 Å². The molecule has 0 saturated carbocycles. The van der Waals surface area contributed by atoms with Crippen molar-refractivity contribution in [2.24, 2.45) is 0 Å². The fraction of sp³-hybridized carbons (Fsp3) is 0.217. The van der Waals surface area contributed by atoms with Gasteiger partial charge in [-0.1, -0.05) is 11.3 Å². The highest BCUT2D eigenvalue weighted by molar-refractivity contribution is 5.84. The number of pyridine rings is 1. The third-order valence-corrected chi connectivity index (χ3v) is 5.21. The summed E-state index contributed by atoms with van der Waals surface area (Å²) < 4.78 is 20.8. The van der Waals surface area contributed by atoms with Gasteiger partial charge in [-0.2, -0.15) is 0 Å². The Kier molecular flexibility index (Phi) is 5.61. The summed E-state index contributed by atoms with van der Waals surface area (Å²) in [5, 5.41) is 11.8. The third kappa shape index (κ3) is 4.66. The molecule has 0 aliphatic carbocycles. The predicted octanol–water partition coefficient (Wildman–Crippen LogP) is 4.58. The van der Waals surface area contributed by atoms with Crippen molar-refractivity contribution < 1.29 is 8.81 Å². The van der Waals surface area contributed by atoms with E-state index >= 15 is 0 Å². The Morgan fingerprint density at radius 3 is 2.94 bits per heavy atom. The van der Waals surface area contributed by atoms with Crippen molar-refractivity contribution in [3.63, 3.8) is 0 Å². The Hall–Kier alpha value is -4.01. The molecule has 5 aromatic rings. The molecule has 0 unspecified atom stereocenters. The minimum atomic E-state index is -0.273. The number of hydrogen-bond acceptors (Lipinski definition) is 6. The molecule has 32 heavy (non-hydrogen) atoms. The van der Waals surface area contributed by atoms with Crippen LogP contribution in [0.4, 0.5) is 10.2 Å². The van der Waals surface area contributed by atoms with E-state index in [-0.39, 0.29) is 5.82 Å². The summed E-state index contributed by atoms with van der Waals surface area (Å²) in [6.45, 7) is 1.37. The SMILES string of the molecule is Fc1ccc2[nH]c(-c3nc(CNc4ccc(CCCCn5ccnn5)cn4)co3)cc2c1. The molecule has 0 aliphatic heterocycles. The largest absolute Gasteiger partial charge is 0.443 e. The van der Waals surface area contributed by atoms with E-state index in [2.05, 4.69) is 36.6 Å². The summed E-state index contributed by atoms with van der Waals surface area (Å²) in [5.41, 5.74) is 3.50. The summed E-state index contributed by atoms with van der Waals surface area (Å²) in [6, 6.07) is 10.5. The van der Waals surface area contributed by atoms with Crippen LogP contribution in [-0.2, 0) is 19.5 Å². The Balaban J connectivity index is 1.12. The summed E-state index contributed by atoms with van der Waals surface area (Å²) >= 11 is 0. The third-order valence-electron chi connectivity index (χ3n) is 5.21. The number of unbranched alkanes of at least 4 members (excludes halogenated alkanes) is 1. The highest BCUT2D eigenvalue weighted by Gasteiger charge is 2.10. The maximum atomic E-state index is 13.4. The van der Waals surface area contributed by atoms with Crippen molar-refractivity contribution in [2.75, 3.05) is 5.32 Å². The number of fused-ring (bicyclic) bond motifs is 1. The number of rotatable bonds is 9. The second kappa shape index (κ2) is 9.01. The van der Waals surface area contributed by atoms with Gasteiger partial charge in [0.1, 0.15) is 23.6 Å². The first kappa shape index (κ1) is 19.9. The summed E-state index contributed by atoms with van der Waals surface area (Å²) in [7, 11) is 0. The number of aromatic amines is 1. The lowest BCUT2D eigenvalue weighted by Crippen LogP contribution is -2.02. The molecule has 0 atom stereocenters. The molecule has 4 aromatic heterocycles. The van der Waals surface area contributed by atoms with Crippen LogP contribution in [0.3, 0.4) is 0 Å². The minimum Gasteiger partial charge on any atom is -0.443 e. The number of hydrogen-bond donors (Lipinski definition) is 2. The quantitative estimate of drug-likeness (QED) is 0.332. The van der Waals surface area contributed by atoms with Crippen LogP contribution in [0.25, 0.3) is 22.5 Å². The molecule has 0 aliphatic rings. The molecule has 4 heterocycles. The maximum absolute atomic E-state index is 13.4. The van der Waals surface area contributed by atoms with Crippen molar-refractivity contribution in [1.82, 2.24) is 29.9 Å². The number of nitrogens with zero attached hydrogens (tertiary/aromatic N) is 5. The first-order chi connectivity index (χ1) is 15.7. The van der Waals surface area contributed by atoms with Crippen LogP contribution < -0.4 is 5.32 Å². The van der Waals surface area contributed by atoms with Gasteiger partial charge in [-0.05, 0) is 55.2 Å². The Morgan fingerprint density at radius 2 is 2.09 bits per heavy atom. The van der Waals surface area contributed by atoms with E-state index in [0.717, 1.165) is 48.2 Å². The normalized spacial score (nSPS) is 11.3. The average molecular weight is 431 g/mol. The molecule has 0 saturated heterocycles. The number of aryl methyl sites for hydroxylation is 2. The topological polar surface area (TPSA) is 97.5 Å². The van der Waals surface area contributed by atoms with Crippen molar-refractivity contribution in [3.05, 3.63) is 78.3 Å². The monoisotopic (exact) mass is 431 g/mol. The zero-order chi connectivity index (χ0) is 21.8. The van der Waals surface area contributed by atoms with Gasteiger partial charge in [0, 0.05) is 29.8 Å². The molecule has 2 N–H and O–H groups in total. The van der Waals surface area contributed by atoms with E-state index in [0.29, 0.717) is 18.1 Å². The number of oxazole rings is 1. The molecule has 0 spiro atoms. The van der Waals surface area contributed by atoms with E-state index < -0.39 is 0 Å². The maximum Gasteiger partial charge on any atom is 0.243 e. The number of H-pyrrole nitrogens is 1. The van der Waals surface area contributed by atoms with Crippen LogP contribution in [-0.4, -0.2) is 29.9 Å². The van der Waals surface area contributed by atoms with Crippen LogP contribution in [0, 0.1) is 5.82 Å². The molecule has 0 amide bonds. The predicted molar refractivity (Wildman–Crippen MR) is 118 cm³/mol. The molecule has 0 bridgehead atoms. The summed E-state index contributed by atoms with van der Waals surface area (Å²) in [6.07, 6.45) is 10.2. The van der Waals surface area contributed by atoms with Crippen LogP contribution >= 0.6 is 0 Å². The van der Waals surface area contributed by atoms with Gasteiger partial charge in [0.05, 0.1) is 18.4 Å². The van der Waals surface area contributed by atoms with Crippen molar-refractivity contribution in [2.45, 2.75) is 32.4 Å². The smallest absolute Gasteiger partial charge is 0.243 e. The second-order valence-corrected chi connectivity index (χ2v) is 7.59. The van der Waals surface area contributed by atoms with Gasteiger partial charge in [-0.3, -0.25) is 4.68 Å². The van der Waals surface area contributed by atoms with E-state index in [1.54, 1.807) is 18.5 Å². The molecule has 0 radical (unpaired) electrons. The number of nitrogens with one attached hydrogen (secondary N) is 2. The van der Waals surface area contributed by atoms with Crippen molar-refractivity contribution in [3.8, 4) is 11.6 Å². The molecule has 162 valence electrons. The lowest BCUT2D eigenvalue weighted by molar-refractivity contribution is 0.541. The minimum absolute atomic E-state index is 0.273. The lowest BCUT2D eigenvalue weighted by Gasteiger charge is -2.05. The molecule has 8 nitrogen and oxygen atoms in total. The Morgan fingerprint density at radius 1 is 1.12 bits per heavy atom. The molecular formula is C23H22FN7O. The highest BCUT2D eigenvalue weighted by Crippen LogP contribution is 2.24. The van der Waals surface area contributed by atoms with E-state index in [1.807, 2.05) is 29.2 Å². The Labute approximate surface area is 183 Å². The van der Waals surface area contributed by atoms with Gasteiger partial charge >= 0.3 is 0 Å². The fourth-order valence-electron chi connectivity index (χ4n) is 3.54. The van der Waals surface area contributed by atoms with E-state index in [4.69, 9.17) is 4.42 Å². The van der Waals surface area contributed by atoms with Crippen molar-refractivity contribution in [1.29, 1.82) is 0 Å². The van der Waals surface area contributed by atoms with Gasteiger partial charge in [0.2, 0.25) is 5.89 Å². The lowest BCUT2D eigenvalue weighted by atomic mass is 10.1. The first-order valence-electron chi connectivity index (χ1n) is 10.5. The molecule has 0 fully saturated rings. The van der Waals surface area contributed by atoms with E-state index in [1.165, 1.54) is 17.7 Å². The standard InChI is InChI=1S/C23H22FN7O/c24-18-5-6-20-17(11-18)12-21(29-20)23-28-19(15-32-23)14-26-22-7-4-16(13-25-22)3-1-2-9-31-10-8-27-30-31/h4-8,10-13,15,29H,1-3,9,14H2,(H,25,26). The highest BCUT2D eigenvalue weighted by atomic mass is 19.1. The zero-order valence-corrected chi connectivity index (χ0v) is 17.3. The molecule has 9 heteroatoms. The van der Waals surface area contributed by atoms with Crippen LogP contribution in [0.5, 0.6) is 0 Å². The molecule has 1 aromatic carbocycles. The van der Waals surface area contributed by atoms with E-state index in [9.17, 15) is 4.39 Å². The number of benzene rings is 1. The summed E-state index contributed by atoms with van der Waals surface area (Å²) in [5.74, 6) is 0.972. The van der Waals surface area contributed by atoms with Crippen molar-refractivity contribution >= 4 is 16.7 Å². The molecular weight excluding hydrogens is 409 g/mol. The average Bonchev–Trinajstić information content (AvgIpc) is 3.56. The van der Waals surface area contributed by atoms with Gasteiger partial charge in [0.25, 0.3) is 0 Å². The van der Waals surface area contributed by atoms with Gasteiger partial charge in [-0.15, -0.1) is 5.10 Å². The number of anilines is 1. The summed E-state index contributed by atoms with van der Waals surface area (Å²) in [4.78, 5) is 12.2. The van der Waals surface area contributed by atoms with Gasteiger partial charge < -0.3 is 14.7 Å².